The van der Waals surface area contributed by atoms with Crippen molar-refractivity contribution in [1.82, 2.24) is 19.9 Å². The van der Waals surface area contributed by atoms with Gasteiger partial charge in [-0.05, 0) is 13.5 Å². The summed E-state index contributed by atoms with van der Waals surface area (Å²) < 4.78 is 0. The van der Waals surface area contributed by atoms with E-state index in [0.29, 0.717) is 18.7 Å². The van der Waals surface area contributed by atoms with Gasteiger partial charge < -0.3 is 4.84 Å². The van der Waals surface area contributed by atoms with Gasteiger partial charge in [0.1, 0.15) is 0 Å². The van der Waals surface area contributed by atoms with Crippen molar-refractivity contribution in [3.63, 3.8) is 0 Å². The van der Waals surface area contributed by atoms with Gasteiger partial charge in [0.2, 0.25) is 0 Å². The van der Waals surface area contributed by atoms with Crippen LogP contribution < -0.4 is 5.90 Å². The molecule has 14 heavy (non-hydrogen) atoms. The van der Waals surface area contributed by atoms with Crippen LogP contribution in [-0.4, -0.2) is 46.1 Å². The standard InChI is InChI=1S/C8H15N5O/c1-12-5-7(4-8(12)6-14-9)13-10-2-3-11-13/h2-3,7-8H,4-6,9H2,1H3/t7-,8-/m0/s1. The normalized spacial score (nSPS) is 28.4. The second-order valence-corrected chi connectivity index (χ2v) is 3.67. The highest BCUT2D eigenvalue weighted by Crippen LogP contribution is 2.24. The van der Waals surface area contributed by atoms with Crippen LogP contribution in [0.1, 0.15) is 12.5 Å². The Balaban J connectivity index is 1.99. The van der Waals surface area contributed by atoms with E-state index in [0.717, 1.165) is 13.0 Å². The molecule has 1 aromatic heterocycles. The number of rotatable bonds is 3. The topological polar surface area (TPSA) is 69.2 Å². The van der Waals surface area contributed by atoms with E-state index in [4.69, 9.17) is 5.90 Å². The largest absolute Gasteiger partial charge is 0.303 e. The Kier molecular flexibility index (Phi) is 2.76. The molecule has 0 radical (unpaired) electrons. The Hall–Kier alpha value is -0.980. The zero-order chi connectivity index (χ0) is 9.97. The summed E-state index contributed by atoms with van der Waals surface area (Å²) in [6, 6.07) is 0.714. The number of hydrogen-bond acceptors (Lipinski definition) is 5. The Morgan fingerprint density at radius 1 is 1.50 bits per heavy atom. The molecule has 0 bridgehead atoms. The van der Waals surface area contributed by atoms with E-state index in [1.165, 1.54) is 0 Å². The fourth-order valence-corrected chi connectivity index (χ4v) is 1.94. The summed E-state index contributed by atoms with van der Waals surface area (Å²) in [6.07, 6.45) is 4.39. The summed E-state index contributed by atoms with van der Waals surface area (Å²) in [5, 5.41) is 8.27. The van der Waals surface area contributed by atoms with Crippen molar-refractivity contribution in [3.8, 4) is 0 Å². The molecule has 6 nitrogen and oxygen atoms in total. The summed E-state index contributed by atoms with van der Waals surface area (Å²) in [6.45, 7) is 1.51. The highest BCUT2D eigenvalue weighted by molar-refractivity contribution is 4.85. The van der Waals surface area contributed by atoms with Crippen molar-refractivity contribution in [2.45, 2.75) is 18.5 Å². The molecule has 0 amide bonds. The molecule has 1 aliphatic rings. The van der Waals surface area contributed by atoms with E-state index in [2.05, 4.69) is 27.0 Å². The number of aromatic nitrogens is 3. The first-order valence-electron chi connectivity index (χ1n) is 4.69. The highest BCUT2D eigenvalue weighted by atomic mass is 16.6. The summed E-state index contributed by atoms with van der Waals surface area (Å²) in [7, 11) is 2.06. The molecule has 0 spiro atoms. The number of likely N-dealkylation sites (N-methyl/N-ethyl adjacent to an activating group) is 1. The van der Waals surface area contributed by atoms with Crippen LogP contribution in [-0.2, 0) is 4.84 Å². The molecule has 78 valence electrons. The van der Waals surface area contributed by atoms with Gasteiger partial charge in [-0.2, -0.15) is 15.0 Å². The van der Waals surface area contributed by atoms with Crippen molar-refractivity contribution in [3.05, 3.63) is 12.4 Å². The third-order valence-corrected chi connectivity index (χ3v) is 2.72. The lowest BCUT2D eigenvalue weighted by Gasteiger charge is -2.16. The maximum Gasteiger partial charge on any atom is 0.0858 e. The van der Waals surface area contributed by atoms with Gasteiger partial charge in [0.25, 0.3) is 0 Å². The van der Waals surface area contributed by atoms with E-state index in [-0.39, 0.29) is 0 Å². The molecule has 2 rings (SSSR count). The quantitative estimate of drug-likeness (QED) is 0.656. The van der Waals surface area contributed by atoms with Gasteiger partial charge in [0, 0.05) is 12.6 Å². The average Bonchev–Trinajstić information content (AvgIpc) is 2.76. The summed E-state index contributed by atoms with van der Waals surface area (Å²) in [4.78, 5) is 8.65. The first-order chi connectivity index (χ1) is 6.81. The third-order valence-electron chi connectivity index (χ3n) is 2.72. The zero-order valence-electron chi connectivity index (χ0n) is 8.21. The second kappa shape index (κ2) is 4.04. The molecule has 1 aliphatic heterocycles. The van der Waals surface area contributed by atoms with Gasteiger partial charge in [-0.25, -0.2) is 5.90 Å². The fraction of sp³-hybridized carbons (Fsp3) is 0.750. The van der Waals surface area contributed by atoms with Gasteiger partial charge in [-0.3, -0.25) is 4.90 Å². The van der Waals surface area contributed by atoms with Crippen LogP contribution in [0.5, 0.6) is 0 Å². The maximum atomic E-state index is 5.07. The molecule has 0 aromatic carbocycles. The van der Waals surface area contributed by atoms with E-state index in [1.807, 2.05) is 0 Å². The lowest BCUT2D eigenvalue weighted by atomic mass is 10.2. The molecular weight excluding hydrogens is 182 g/mol. The van der Waals surface area contributed by atoms with Crippen LogP contribution in [0, 0.1) is 0 Å². The molecular formula is C8H15N5O. The van der Waals surface area contributed by atoms with E-state index in [9.17, 15) is 0 Å². The molecule has 0 saturated carbocycles. The Bertz CT molecular complexity index is 275. The van der Waals surface area contributed by atoms with E-state index < -0.39 is 0 Å². The molecule has 1 saturated heterocycles. The van der Waals surface area contributed by atoms with Crippen molar-refractivity contribution < 1.29 is 4.84 Å². The monoisotopic (exact) mass is 197 g/mol. The maximum absolute atomic E-state index is 5.07. The third kappa shape index (κ3) is 1.77. The number of hydrogen-bond donors (Lipinski definition) is 1. The highest BCUT2D eigenvalue weighted by Gasteiger charge is 2.31. The van der Waals surface area contributed by atoms with Gasteiger partial charge >= 0.3 is 0 Å². The van der Waals surface area contributed by atoms with Crippen molar-refractivity contribution in [1.29, 1.82) is 0 Å². The molecule has 1 aromatic rings. The van der Waals surface area contributed by atoms with E-state index in [1.54, 1.807) is 17.2 Å². The number of nitrogens with two attached hydrogens (primary N) is 1. The molecule has 0 aliphatic carbocycles. The predicted octanol–water partition coefficient (Wildman–Crippen LogP) is -0.586. The van der Waals surface area contributed by atoms with Crippen molar-refractivity contribution in [2.75, 3.05) is 20.2 Å². The first-order valence-corrected chi connectivity index (χ1v) is 4.69. The lowest BCUT2D eigenvalue weighted by Crippen LogP contribution is -2.30. The van der Waals surface area contributed by atoms with Crippen LogP contribution >= 0.6 is 0 Å². The van der Waals surface area contributed by atoms with Crippen LogP contribution in [0.15, 0.2) is 12.4 Å². The lowest BCUT2D eigenvalue weighted by molar-refractivity contribution is 0.0870. The van der Waals surface area contributed by atoms with Gasteiger partial charge in [-0.15, -0.1) is 0 Å². The van der Waals surface area contributed by atoms with Crippen molar-refractivity contribution in [2.24, 2.45) is 5.90 Å². The number of nitrogens with zero attached hydrogens (tertiary/aromatic N) is 4. The minimum atomic E-state index is 0.343. The molecule has 2 heterocycles. The van der Waals surface area contributed by atoms with Crippen LogP contribution in [0.2, 0.25) is 0 Å². The van der Waals surface area contributed by atoms with Crippen molar-refractivity contribution >= 4 is 0 Å². The summed E-state index contributed by atoms with van der Waals surface area (Å²) in [5.74, 6) is 5.07. The minimum Gasteiger partial charge on any atom is -0.303 e. The Morgan fingerprint density at radius 2 is 2.21 bits per heavy atom. The number of likely N-dealkylation sites (tertiary alicyclic amines) is 1. The minimum absolute atomic E-state index is 0.343. The molecule has 1 fully saturated rings. The second-order valence-electron chi connectivity index (χ2n) is 3.67. The first kappa shape index (κ1) is 9.57. The predicted molar refractivity (Wildman–Crippen MR) is 50.2 cm³/mol. The zero-order valence-corrected chi connectivity index (χ0v) is 8.21. The Labute approximate surface area is 82.6 Å². The van der Waals surface area contributed by atoms with Crippen LogP contribution in [0.4, 0.5) is 0 Å². The van der Waals surface area contributed by atoms with Crippen LogP contribution in [0.3, 0.4) is 0 Å². The average molecular weight is 197 g/mol. The fourth-order valence-electron chi connectivity index (χ4n) is 1.94. The molecule has 0 unspecified atom stereocenters. The van der Waals surface area contributed by atoms with Gasteiger partial charge in [0.05, 0.1) is 25.0 Å². The Morgan fingerprint density at radius 3 is 2.86 bits per heavy atom. The van der Waals surface area contributed by atoms with E-state index >= 15 is 0 Å². The molecule has 6 heteroatoms. The summed E-state index contributed by atoms with van der Waals surface area (Å²) >= 11 is 0. The molecule has 2 N–H and O–H groups in total. The smallest absolute Gasteiger partial charge is 0.0858 e. The SMILES string of the molecule is CN1C[C@@H](n2nccn2)C[C@H]1CON. The van der Waals surface area contributed by atoms with Gasteiger partial charge in [-0.1, -0.05) is 0 Å². The molecule has 2 atom stereocenters. The van der Waals surface area contributed by atoms with Gasteiger partial charge in [0.15, 0.2) is 0 Å². The summed E-state index contributed by atoms with van der Waals surface area (Å²) in [5.41, 5.74) is 0. The van der Waals surface area contributed by atoms with Crippen LogP contribution in [0.25, 0.3) is 0 Å².